The highest BCUT2D eigenvalue weighted by Gasteiger charge is 2.34. The Morgan fingerprint density at radius 2 is 2.11 bits per heavy atom. The monoisotopic (exact) mass is 254 g/mol. The third kappa shape index (κ3) is 2.00. The molecule has 3 rings (SSSR count). The van der Waals surface area contributed by atoms with E-state index in [0.717, 1.165) is 30.6 Å². The number of ether oxygens (including phenoxy) is 1. The van der Waals surface area contributed by atoms with Gasteiger partial charge in [-0.2, -0.15) is 0 Å². The second-order valence-corrected chi connectivity index (χ2v) is 5.10. The molecule has 2 aromatic rings. The highest BCUT2D eigenvalue weighted by molar-refractivity contribution is 5.45. The smallest absolute Gasteiger partial charge is 0.137 e. The zero-order valence-electron chi connectivity index (χ0n) is 11.1. The molecule has 0 fully saturated rings. The molecule has 2 N–H and O–H groups in total. The molecule has 1 aromatic carbocycles. The Bertz CT molecular complexity index is 597. The summed E-state index contributed by atoms with van der Waals surface area (Å²) in [7, 11) is 1.65. The van der Waals surface area contributed by atoms with Crippen molar-refractivity contribution in [2.24, 2.45) is 5.73 Å². The Labute approximate surface area is 113 Å². The number of aryl methyl sites for hydroxylation is 1. The van der Waals surface area contributed by atoms with Crippen LogP contribution in [0.3, 0.4) is 0 Å². The van der Waals surface area contributed by atoms with Crippen molar-refractivity contribution in [3.05, 3.63) is 59.4 Å². The molecule has 1 aliphatic carbocycles. The number of pyridine rings is 1. The van der Waals surface area contributed by atoms with E-state index in [2.05, 4.69) is 29.2 Å². The molecule has 1 atom stereocenters. The van der Waals surface area contributed by atoms with Crippen LogP contribution in [-0.4, -0.2) is 12.1 Å². The zero-order chi connectivity index (χ0) is 13.3. The average Bonchev–Trinajstić information content (AvgIpc) is 2.48. The summed E-state index contributed by atoms with van der Waals surface area (Å²) in [6.07, 6.45) is 6.71. The predicted molar refractivity (Wildman–Crippen MR) is 75.1 cm³/mol. The lowest BCUT2D eigenvalue weighted by molar-refractivity contribution is 0.404. The highest BCUT2D eigenvalue weighted by atomic mass is 16.5. The maximum Gasteiger partial charge on any atom is 0.137 e. The molecule has 0 radical (unpaired) electrons. The minimum atomic E-state index is -0.448. The Kier molecular flexibility index (Phi) is 2.99. The number of hydrogen-bond donors (Lipinski definition) is 1. The van der Waals surface area contributed by atoms with E-state index in [1.54, 1.807) is 13.3 Å². The van der Waals surface area contributed by atoms with Gasteiger partial charge in [0.2, 0.25) is 0 Å². The fourth-order valence-corrected chi connectivity index (χ4v) is 2.94. The summed E-state index contributed by atoms with van der Waals surface area (Å²) in [5.41, 5.74) is 9.86. The third-order valence-electron chi connectivity index (χ3n) is 3.98. The molecule has 0 aliphatic heterocycles. The Morgan fingerprint density at radius 1 is 1.26 bits per heavy atom. The second-order valence-electron chi connectivity index (χ2n) is 5.10. The summed E-state index contributed by atoms with van der Waals surface area (Å²) in [6, 6.07) is 10.4. The van der Waals surface area contributed by atoms with Crippen LogP contribution in [0.5, 0.6) is 5.75 Å². The molecule has 98 valence electrons. The van der Waals surface area contributed by atoms with Gasteiger partial charge in [0.15, 0.2) is 0 Å². The lowest BCUT2D eigenvalue weighted by Gasteiger charge is -2.36. The molecule has 1 aliphatic rings. The predicted octanol–water partition coefficient (Wildman–Crippen LogP) is 2.63. The van der Waals surface area contributed by atoms with Crippen LogP contribution in [0.4, 0.5) is 0 Å². The van der Waals surface area contributed by atoms with Gasteiger partial charge in [-0.1, -0.05) is 24.3 Å². The number of hydrogen-bond acceptors (Lipinski definition) is 3. The van der Waals surface area contributed by atoms with Crippen molar-refractivity contribution >= 4 is 0 Å². The number of methoxy groups -OCH3 is 1. The topological polar surface area (TPSA) is 48.1 Å². The maximum absolute atomic E-state index is 6.72. The molecule has 0 saturated carbocycles. The minimum absolute atomic E-state index is 0.448. The first-order valence-electron chi connectivity index (χ1n) is 6.61. The molecule has 0 bridgehead atoms. The van der Waals surface area contributed by atoms with Crippen molar-refractivity contribution < 1.29 is 4.74 Å². The Hall–Kier alpha value is -1.87. The number of aromatic nitrogens is 1. The number of nitrogens with zero attached hydrogens (tertiary/aromatic N) is 1. The third-order valence-corrected chi connectivity index (χ3v) is 3.98. The van der Waals surface area contributed by atoms with E-state index >= 15 is 0 Å². The van der Waals surface area contributed by atoms with Crippen molar-refractivity contribution in [3.63, 3.8) is 0 Å². The van der Waals surface area contributed by atoms with Crippen LogP contribution >= 0.6 is 0 Å². The van der Waals surface area contributed by atoms with Crippen molar-refractivity contribution in [1.29, 1.82) is 0 Å². The largest absolute Gasteiger partial charge is 0.495 e. The Morgan fingerprint density at radius 3 is 2.95 bits per heavy atom. The van der Waals surface area contributed by atoms with Gasteiger partial charge in [-0.15, -0.1) is 0 Å². The lowest BCUT2D eigenvalue weighted by Crippen LogP contribution is -2.41. The molecular weight excluding hydrogens is 236 g/mol. The van der Waals surface area contributed by atoms with E-state index in [-0.39, 0.29) is 0 Å². The maximum atomic E-state index is 6.72. The summed E-state index contributed by atoms with van der Waals surface area (Å²) < 4.78 is 5.26. The first-order valence-corrected chi connectivity index (χ1v) is 6.61. The van der Waals surface area contributed by atoms with Gasteiger partial charge in [-0.3, -0.25) is 4.98 Å². The minimum Gasteiger partial charge on any atom is -0.495 e. The summed E-state index contributed by atoms with van der Waals surface area (Å²) in [5, 5.41) is 0. The number of nitrogens with two attached hydrogens (primary N) is 1. The van der Waals surface area contributed by atoms with Gasteiger partial charge in [0.05, 0.1) is 18.8 Å². The van der Waals surface area contributed by atoms with E-state index < -0.39 is 5.54 Å². The van der Waals surface area contributed by atoms with Crippen LogP contribution in [0.15, 0.2) is 42.7 Å². The second kappa shape index (κ2) is 4.67. The fraction of sp³-hybridized carbons (Fsp3) is 0.312. The molecule has 19 heavy (non-hydrogen) atoms. The van der Waals surface area contributed by atoms with Crippen LogP contribution in [0.2, 0.25) is 0 Å². The standard InChI is InChI=1S/C16H18N2O/c1-19-14-9-13(10-18-11-14)16(17)8-4-6-12-5-2-3-7-15(12)16/h2-3,5,7,9-11H,4,6,8,17H2,1H3. The van der Waals surface area contributed by atoms with Gasteiger partial charge in [0.25, 0.3) is 0 Å². The number of rotatable bonds is 2. The van der Waals surface area contributed by atoms with Crippen molar-refractivity contribution in [2.75, 3.05) is 7.11 Å². The summed E-state index contributed by atoms with van der Waals surface area (Å²) >= 11 is 0. The van der Waals surface area contributed by atoms with Gasteiger partial charge in [-0.05, 0) is 42.0 Å². The summed E-state index contributed by atoms with van der Waals surface area (Å²) in [5.74, 6) is 0.755. The lowest BCUT2D eigenvalue weighted by atomic mass is 9.73. The van der Waals surface area contributed by atoms with Crippen LogP contribution in [0.25, 0.3) is 0 Å². The van der Waals surface area contributed by atoms with E-state index in [1.165, 1.54) is 11.1 Å². The SMILES string of the molecule is COc1cncc(C2(N)CCCc3ccccc32)c1. The molecule has 1 unspecified atom stereocenters. The molecule has 0 saturated heterocycles. The van der Waals surface area contributed by atoms with Gasteiger partial charge in [0.1, 0.15) is 5.75 Å². The molecule has 1 aromatic heterocycles. The first kappa shape index (κ1) is 12.2. The van der Waals surface area contributed by atoms with Crippen molar-refractivity contribution in [1.82, 2.24) is 4.98 Å². The normalized spacial score (nSPS) is 21.8. The highest BCUT2D eigenvalue weighted by Crippen LogP contribution is 2.38. The van der Waals surface area contributed by atoms with Crippen molar-refractivity contribution in [3.8, 4) is 5.75 Å². The Balaban J connectivity index is 2.13. The van der Waals surface area contributed by atoms with Gasteiger partial charge < -0.3 is 10.5 Å². The first-order chi connectivity index (χ1) is 9.24. The van der Waals surface area contributed by atoms with Gasteiger partial charge in [0, 0.05) is 6.20 Å². The van der Waals surface area contributed by atoms with Crippen molar-refractivity contribution in [2.45, 2.75) is 24.8 Å². The molecule has 1 heterocycles. The zero-order valence-corrected chi connectivity index (χ0v) is 11.1. The molecule has 0 amide bonds. The fourth-order valence-electron chi connectivity index (χ4n) is 2.94. The van der Waals surface area contributed by atoms with Crippen LogP contribution < -0.4 is 10.5 Å². The van der Waals surface area contributed by atoms with Gasteiger partial charge >= 0.3 is 0 Å². The quantitative estimate of drug-likeness (QED) is 0.896. The molecular formula is C16H18N2O. The van der Waals surface area contributed by atoms with Crippen LogP contribution in [0.1, 0.15) is 29.5 Å². The van der Waals surface area contributed by atoms with E-state index in [0.29, 0.717) is 0 Å². The van der Waals surface area contributed by atoms with E-state index in [1.807, 2.05) is 12.3 Å². The average molecular weight is 254 g/mol. The van der Waals surface area contributed by atoms with E-state index in [9.17, 15) is 0 Å². The summed E-state index contributed by atoms with van der Waals surface area (Å²) in [4.78, 5) is 4.24. The summed E-state index contributed by atoms with van der Waals surface area (Å²) in [6.45, 7) is 0. The molecule has 3 nitrogen and oxygen atoms in total. The van der Waals surface area contributed by atoms with Crippen LogP contribution in [-0.2, 0) is 12.0 Å². The number of fused-ring (bicyclic) bond motifs is 1. The molecule has 0 spiro atoms. The number of benzene rings is 1. The van der Waals surface area contributed by atoms with Gasteiger partial charge in [-0.25, -0.2) is 0 Å². The van der Waals surface area contributed by atoms with E-state index in [4.69, 9.17) is 10.5 Å². The van der Waals surface area contributed by atoms with Crippen LogP contribution in [0, 0.1) is 0 Å². The molecule has 3 heteroatoms.